The molecule has 0 unspecified atom stereocenters. The number of benzene rings is 1. The molecule has 3 nitrogen and oxygen atoms in total. The number of hydrogen-bond acceptors (Lipinski definition) is 3. The van der Waals surface area contributed by atoms with E-state index in [9.17, 15) is 4.79 Å². The van der Waals surface area contributed by atoms with Gasteiger partial charge in [0.15, 0.2) is 0 Å². The third-order valence-electron chi connectivity index (χ3n) is 2.74. The van der Waals surface area contributed by atoms with Crippen molar-refractivity contribution in [2.45, 2.75) is 39.2 Å². The summed E-state index contributed by atoms with van der Waals surface area (Å²) in [7, 11) is 0. The molecule has 0 radical (unpaired) electrons. The fourth-order valence-electron chi connectivity index (χ4n) is 1.93. The van der Waals surface area contributed by atoms with Gasteiger partial charge in [0.2, 0.25) is 0 Å². The summed E-state index contributed by atoms with van der Waals surface area (Å²) in [5.74, 6) is -0.151. The maximum absolute atomic E-state index is 11.7. The lowest BCUT2D eigenvalue weighted by molar-refractivity contribution is -0.154. The molecule has 1 heterocycles. The molecule has 0 saturated carbocycles. The molecule has 0 atom stereocenters. The van der Waals surface area contributed by atoms with E-state index in [0.29, 0.717) is 12.8 Å². The first kappa shape index (κ1) is 13.5. The molecular weight excluding hydrogens is 238 g/mol. The van der Waals surface area contributed by atoms with Crippen LogP contribution in [0.5, 0.6) is 0 Å². The monoisotopic (exact) mass is 257 g/mol. The lowest BCUT2D eigenvalue weighted by atomic mass is 10.1. The van der Waals surface area contributed by atoms with Crippen molar-refractivity contribution in [3.8, 4) is 0 Å². The van der Waals surface area contributed by atoms with E-state index in [2.05, 4.69) is 11.1 Å². The molecule has 0 saturated heterocycles. The van der Waals surface area contributed by atoms with Crippen LogP contribution < -0.4 is 0 Å². The Morgan fingerprint density at radius 1 is 1.21 bits per heavy atom. The summed E-state index contributed by atoms with van der Waals surface area (Å²) in [5, 5.41) is 2.26. The number of rotatable bonds is 3. The molecule has 0 amide bonds. The van der Waals surface area contributed by atoms with Crippen molar-refractivity contribution in [3.05, 3.63) is 42.2 Å². The smallest absolute Gasteiger partial charge is 0.306 e. The zero-order chi connectivity index (χ0) is 13.9. The van der Waals surface area contributed by atoms with Crippen molar-refractivity contribution in [2.75, 3.05) is 0 Å². The minimum atomic E-state index is -0.411. The molecule has 0 spiro atoms. The van der Waals surface area contributed by atoms with Crippen molar-refractivity contribution in [2.24, 2.45) is 0 Å². The number of hydrogen-bond donors (Lipinski definition) is 0. The summed E-state index contributed by atoms with van der Waals surface area (Å²) in [5.41, 5.74) is 0.733. The highest BCUT2D eigenvalue weighted by molar-refractivity contribution is 5.82. The summed E-state index contributed by atoms with van der Waals surface area (Å²) < 4.78 is 5.30. The van der Waals surface area contributed by atoms with E-state index >= 15 is 0 Å². The standard InChI is InChI=1S/C16H19NO2/c1-16(2,3)19-15(18)7-5-12-4-6-14-11-17-9-8-13(14)10-12/h4,6,8-11H,5,7H2,1-3H3. The third kappa shape index (κ3) is 4.05. The minimum absolute atomic E-state index is 0.151. The lowest BCUT2D eigenvalue weighted by Gasteiger charge is -2.19. The Morgan fingerprint density at radius 3 is 2.74 bits per heavy atom. The van der Waals surface area contributed by atoms with Crippen LogP contribution in [-0.2, 0) is 16.0 Å². The maximum atomic E-state index is 11.7. The summed E-state index contributed by atoms with van der Waals surface area (Å²) in [6, 6.07) is 8.15. The molecule has 0 bridgehead atoms. The number of ether oxygens (including phenoxy) is 1. The first-order chi connectivity index (χ1) is 8.94. The van der Waals surface area contributed by atoms with Gasteiger partial charge in [-0.2, -0.15) is 0 Å². The highest BCUT2D eigenvalue weighted by Gasteiger charge is 2.15. The van der Waals surface area contributed by atoms with Crippen LogP contribution in [0.15, 0.2) is 36.7 Å². The zero-order valence-electron chi connectivity index (χ0n) is 11.6. The molecule has 0 aliphatic carbocycles. The Hall–Kier alpha value is -1.90. The SMILES string of the molecule is CC(C)(C)OC(=O)CCc1ccc2cnccc2c1. The Morgan fingerprint density at radius 2 is 2.00 bits per heavy atom. The maximum Gasteiger partial charge on any atom is 0.306 e. The summed E-state index contributed by atoms with van der Waals surface area (Å²) in [4.78, 5) is 15.7. The van der Waals surface area contributed by atoms with Crippen molar-refractivity contribution >= 4 is 16.7 Å². The van der Waals surface area contributed by atoms with Gasteiger partial charge in [-0.15, -0.1) is 0 Å². The van der Waals surface area contributed by atoms with E-state index in [4.69, 9.17) is 4.74 Å². The Balaban J connectivity index is 2.00. The minimum Gasteiger partial charge on any atom is -0.460 e. The van der Waals surface area contributed by atoms with E-state index < -0.39 is 5.60 Å². The first-order valence-corrected chi connectivity index (χ1v) is 6.48. The number of aromatic nitrogens is 1. The van der Waals surface area contributed by atoms with E-state index in [1.807, 2.05) is 45.2 Å². The second-order valence-corrected chi connectivity index (χ2v) is 5.64. The van der Waals surface area contributed by atoms with Crippen molar-refractivity contribution in [3.63, 3.8) is 0 Å². The van der Waals surface area contributed by atoms with Gasteiger partial charge in [0, 0.05) is 24.2 Å². The van der Waals surface area contributed by atoms with Gasteiger partial charge in [-0.3, -0.25) is 9.78 Å². The van der Waals surface area contributed by atoms with Crippen LogP contribution in [0.2, 0.25) is 0 Å². The van der Waals surface area contributed by atoms with Gasteiger partial charge in [-0.1, -0.05) is 18.2 Å². The topological polar surface area (TPSA) is 39.2 Å². The molecule has 19 heavy (non-hydrogen) atoms. The summed E-state index contributed by atoms with van der Waals surface area (Å²) in [6.07, 6.45) is 4.73. The van der Waals surface area contributed by atoms with Gasteiger partial charge in [0.25, 0.3) is 0 Å². The number of fused-ring (bicyclic) bond motifs is 1. The zero-order valence-corrected chi connectivity index (χ0v) is 11.6. The average molecular weight is 257 g/mol. The van der Waals surface area contributed by atoms with E-state index in [1.54, 1.807) is 6.20 Å². The highest BCUT2D eigenvalue weighted by Crippen LogP contribution is 2.16. The van der Waals surface area contributed by atoms with Gasteiger partial charge >= 0.3 is 5.97 Å². The van der Waals surface area contributed by atoms with Crippen LogP contribution in [0.3, 0.4) is 0 Å². The molecule has 0 aliphatic rings. The molecule has 0 fully saturated rings. The molecule has 2 rings (SSSR count). The van der Waals surface area contributed by atoms with Crippen molar-refractivity contribution in [1.29, 1.82) is 0 Å². The first-order valence-electron chi connectivity index (χ1n) is 6.48. The highest BCUT2D eigenvalue weighted by atomic mass is 16.6. The Kier molecular flexibility index (Phi) is 3.84. The summed E-state index contributed by atoms with van der Waals surface area (Å²) >= 11 is 0. The lowest BCUT2D eigenvalue weighted by Crippen LogP contribution is -2.23. The Labute approximate surface area is 113 Å². The van der Waals surface area contributed by atoms with Crippen LogP contribution in [0, 0.1) is 0 Å². The van der Waals surface area contributed by atoms with Gasteiger partial charge in [0.1, 0.15) is 5.60 Å². The Bertz CT molecular complexity index is 585. The van der Waals surface area contributed by atoms with Gasteiger partial charge in [0.05, 0.1) is 0 Å². The van der Waals surface area contributed by atoms with Crippen LogP contribution in [0.4, 0.5) is 0 Å². The molecule has 0 aliphatic heterocycles. The average Bonchev–Trinajstić information content (AvgIpc) is 2.34. The fourth-order valence-corrected chi connectivity index (χ4v) is 1.93. The number of aryl methyl sites for hydroxylation is 1. The molecular formula is C16H19NO2. The molecule has 1 aromatic heterocycles. The fraction of sp³-hybridized carbons (Fsp3) is 0.375. The van der Waals surface area contributed by atoms with Crippen LogP contribution in [-0.4, -0.2) is 16.6 Å². The predicted octanol–water partition coefficient (Wildman–Crippen LogP) is 3.51. The number of pyridine rings is 1. The number of esters is 1. The predicted molar refractivity (Wildman–Crippen MR) is 75.9 cm³/mol. The van der Waals surface area contributed by atoms with Crippen LogP contribution >= 0.6 is 0 Å². The van der Waals surface area contributed by atoms with Gasteiger partial charge < -0.3 is 4.74 Å². The van der Waals surface area contributed by atoms with E-state index in [-0.39, 0.29) is 5.97 Å². The van der Waals surface area contributed by atoms with E-state index in [1.165, 1.54) is 0 Å². The van der Waals surface area contributed by atoms with Crippen LogP contribution in [0.25, 0.3) is 10.8 Å². The third-order valence-corrected chi connectivity index (χ3v) is 2.74. The van der Waals surface area contributed by atoms with Gasteiger partial charge in [-0.05, 0) is 44.2 Å². The van der Waals surface area contributed by atoms with Gasteiger partial charge in [-0.25, -0.2) is 0 Å². The molecule has 1 aromatic carbocycles. The normalized spacial score (nSPS) is 11.5. The number of nitrogens with zero attached hydrogens (tertiary/aromatic N) is 1. The van der Waals surface area contributed by atoms with Crippen molar-refractivity contribution in [1.82, 2.24) is 4.98 Å². The second kappa shape index (κ2) is 5.39. The molecule has 0 N–H and O–H groups in total. The molecule has 3 heteroatoms. The van der Waals surface area contributed by atoms with E-state index in [0.717, 1.165) is 16.3 Å². The summed E-state index contributed by atoms with van der Waals surface area (Å²) in [6.45, 7) is 5.65. The second-order valence-electron chi connectivity index (χ2n) is 5.64. The van der Waals surface area contributed by atoms with Crippen molar-refractivity contribution < 1.29 is 9.53 Å². The molecule has 2 aromatic rings. The van der Waals surface area contributed by atoms with Crippen LogP contribution in [0.1, 0.15) is 32.8 Å². The number of carbonyl (C=O) groups is 1. The largest absolute Gasteiger partial charge is 0.460 e. The quantitative estimate of drug-likeness (QED) is 0.790. The molecule has 100 valence electrons. The number of carbonyl (C=O) groups excluding carboxylic acids is 1.